The zero-order valence-corrected chi connectivity index (χ0v) is 22.0. The van der Waals surface area contributed by atoms with Crippen LogP contribution in [0, 0.1) is 0 Å². The molecule has 2 N–H and O–H groups in total. The van der Waals surface area contributed by atoms with Gasteiger partial charge in [0.2, 0.25) is 17.6 Å². The first-order chi connectivity index (χ1) is 17.4. The number of aromatic nitrogens is 1. The second kappa shape index (κ2) is 13.4. The molecule has 0 bridgehead atoms. The maximum Gasteiger partial charge on any atom is 0.250 e. The number of carbonyl (C=O) groups excluding carboxylic acids is 2. The van der Waals surface area contributed by atoms with E-state index in [1.807, 2.05) is 5.38 Å². The summed E-state index contributed by atoms with van der Waals surface area (Å²) in [5.74, 6) is 2.60. The minimum absolute atomic E-state index is 0.106. The van der Waals surface area contributed by atoms with Gasteiger partial charge < -0.3 is 24.3 Å². The van der Waals surface area contributed by atoms with Gasteiger partial charge >= 0.3 is 0 Å². The zero-order chi connectivity index (χ0) is 25.9. The van der Waals surface area contributed by atoms with Gasteiger partial charge in [0.05, 0.1) is 39.9 Å². The molecule has 1 aromatic heterocycles. The second-order valence-electron chi connectivity index (χ2n) is 7.19. The third-order valence-corrected chi connectivity index (χ3v) is 6.53. The van der Waals surface area contributed by atoms with E-state index >= 15 is 0 Å². The first-order valence-electron chi connectivity index (χ1n) is 10.7. The molecule has 0 spiro atoms. The lowest BCUT2D eigenvalue weighted by molar-refractivity contribution is -0.114. The number of carbonyl (C=O) groups is 2. The molecule has 9 nitrogen and oxygen atoms in total. The highest BCUT2D eigenvalue weighted by molar-refractivity contribution is 7.99. The predicted molar refractivity (Wildman–Crippen MR) is 144 cm³/mol. The van der Waals surface area contributed by atoms with Gasteiger partial charge in [0.1, 0.15) is 5.75 Å². The van der Waals surface area contributed by atoms with Crippen LogP contribution >= 0.6 is 23.1 Å². The van der Waals surface area contributed by atoms with E-state index in [0.29, 0.717) is 39.4 Å². The van der Waals surface area contributed by atoms with Gasteiger partial charge in [-0.25, -0.2) is 4.98 Å². The normalized spacial score (nSPS) is 10.7. The van der Waals surface area contributed by atoms with E-state index in [2.05, 4.69) is 15.6 Å². The van der Waals surface area contributed by atoms with Crippen LogP contribution in [0.5, 0.6) is 23.0 Å². The Morgan fingerprint density at radius 2 is 1.67 bits per heavy atom. The molecule has 0 aliphatic heterocycles. The van der Waals surface area contributed by atoms with Crippen molar-refractivity contribution in [3.05, 3.63) is 59.1 Å². The quantitative estimate of drug-likeness (QED) is 0.325. The Hall–Kier alpha value is -3.70. The molecule has 0 atom stereocenters. The fraction of sp³-hybridized carbons (Fsp3) is 0.240. The van der Waals surface area contributed by atoms with E-state index in [9.17, 15) is 9.59 Å². The average molecular weight is 530 g/mol. The highest BCUT2D eigenvalue weighted by Gasteiger charge is 2.12. The highest BCUT2D eigenvalue weighted by Crippen LogP contribution is 2.38. The third-order valence-electron chi connectivity index (χ3n) is 4.75. The third kappa shape index (κ3) is 7.65. The number of benzene rings is 2. The van der Waals surface area contributed by atoms with Crippen molar-refractivity contribution in [3.8, 4) is 23.0 Å². The maximum absolute atomic E-state index is 12.4. The van der Waals surface area contributed by atoms with Gasteiger partial charge in [0.15, 0.2) is 16.6 Å². The summed E-state index contributed by atoms with van der Waals surface area (Å²) < 4.78 is 21.1. The van der Waals surface area contributed by atoms with Crippen LogP contribution in [0.25, 0.3) is 6.08 Å². The molecule has 11 heteroatoms. The van der Waals surface area contributed by atoms with Crippen molar-refractivity contribution in [2.45, 2.75) is 5.75 Å². The lowest BCUT2D eigenvalue weighted by atomic mass is 10.1. The first kappa shape index (κ1) is 26.9. The number of nitrogens with one attached hydrogen (secondary N) is 2. The van der Waals surface area contributed by atoms with Crippen LogP contribution in [0.2, 0.25) is 0 Å². The van der Waals surface area contributed by atoms with Crippen LogP contribution in [0.4, 0.5) is 10.8 Å². The molecular weight excluding hydrogens is 502 g/mol. The average Bonchev–Trinajstić information content (AvgIpc) is 3.33. The van der Waals surface area contributed by atoms with Crippen molar-refractivity contribution in [1.82, 2.24) is 4.98 Å². The minimum Gasteiger partial charge on any atom is -0.497 e. The summed E-state index contributed by atoms with van der Waals surface area (Å²) in [4.78, 5) is 28.9. The van der Waals surface area contributed by atoms with Crippen molar-refractivity contribution < 1.29 is 28.5 Å². The molecule has 0 saturated heterocycles. The summed E-state index contributed by atoms with van der Waals surface area (Å²) in [6, 6.07) is 10.6. The van der Waals surface area contributed by atoms with Crippen molar-refractivity contribution in [2.24, 2.45) is 0 Å². The molecule has 0 unspecified atom stereocenters. The Morgan fingerprint density at radius 1 is 0.972 bits per heavy atom. The molecule has 3 aromatic rings. The second-order valence-corrected chi connectivity index (χ2v) is 9.04. The number of ether oxygens (including phenoxy) is 4. The zero-order valence-electron chi connectivity index (χ0n) is 20.3. The summed E-state index contributed by atoms with van der Waals surface area (Å²) >= 11 is 2.76. The molecule has 1 heterocycles. The number of thioether (sulfide) groups is 1. The van der Waals surface area contributed by atoms with E-state index in [-0.39, 0.29) is 17.6 Å². The number of nitrogens with zero attached hydrogens (tertiary/aromatic N) is 1. The molecule has 3 rings (SSSR count). The van der Waals surface area contributed by atoms with Gasteiger partial charge in [-0.1, -0.05) is 0 Å². The van der Waals surface area contributed by atoms with Crippen molar-refractivity contribution in [2.75, 3.05) is 44.8 Å². The number of anilines is 2. The van der Waals surface area contributed by atoms with E-state index in [1.54, 1.807) is 49.6 Å². The Kier molecular flexibility index (Phi) is 10.0. The number of hydrogen-bond acceptors (Lipinski definition) is 9. The van der Waals surface area contributed by atoms with Crippen LogP contribution in [0.1, 0.15) is 11.3 Å². The summed E-state index contributed by atoms with van der Waals surface area (Å²) in [6.45, 7) is 0. The van der Waals surface area contributed by atoms with E-state index < -0.39 is 0 Å². The number of hydrogen-bond donors (Lipinski definition) is 2. The highest BCUT2D eigenvalue weighted by atomic mass is 32.2. The van der Waals surface area contributed by atoms with Crippen molar-refractivity contribution >= 4 is 51.8 Å². The molecule has 0 aliphatic rings. The van der Waals surface area contributed by atoms with Gasteiger partial charge in [-0.2, -0.15) is 0 Å². The standard InChI is InChI=1S/C25H27N3O6S2/c1-31-19-8-6-17(7-9-19)26-23(30)15-35-13-18-14-36-25(27-18)28-22(29)10-5-16-11-20(32-2)24(34-4)21(12-16)33-3/h5-12,14H,13,15H2,1-4H3,(H,26,30)(H,27,28,29)/b10-5+. The SMILES string of the molecule is COc1ccc(NC(=O)CSCc2csc(NC(=O)/C=C/c3cc(OC)c(OC)c(OC)c3)n2)cc1. The molecule has 0 radical (unpaired) electrons. The molecular formula is C25H27N3O6S2. The fourth-order valence-electron chi connectivity index (χ4n) is 3.07. The fourth-order valence-corrected chi connectivity index (χ4v) is 4.60. The van der Waals surface area contributed by atoms with Gasteiger partial charge in [-0.05, 0) is 48.0 Å². The van der Waals surface area contributed by atoms with Gasteiger partial charge in [-0.15, -0.1) is 23.1 Å². The van der Waals surface area contributed by atoms with E-state index in [4.69, 9.17) is 18.9 Å². The number of amides is 2. The lowest BCUT2D eigenvalue weighted by Gasteiger charge is -2.12. The Bertz CT molecular complexity index is 1190. The van der Waals surface area contributed by atoms with Crippen LogP contribution in [0.15, 0.2) is 47.9 Å². The summed E-state index contributed by atoms with van der Waals surface area (Å²) in [6.07, 6.45) is 3.05. The van der Waals surface area contributed by atoms with Crippen LogP contribution in [-0.2, 0) is 15.3 Å². The van der Waals surface area contributed by atoms with E-state index in [0.717, 1.165) is 11.4 Å². The molecule has 190 valence electrons. The van der Waals surface area contributed by atoms with Crippen molar-refractivity contribution in [1.29, 1.82) is 0 Å². The number of rotatable bonds is 12. The lowest BCUT2D eigenvalue weighted by Crippen LogP contribution is -2.14. The Balaban J connectivity index is 1.47. The predicted octanol–water partition coefficient (Wildman–Crippen LogP) is 4.70. The molecule has 36 heavy (non-hydrogen) atoms. The smallest absolute Gasteiger partial charge is 0.250 e. The van der Waals surface area contributed by atoms with Crippen LogP contribution in [0.3, 0.4) is 0 Å². The van der Waals surface area contributed by atoms with Gasteiger partial charge in [0, 0.05) is 22.9 Å². The minimum atomic E-state index is -0.323. The monoisotopic (exact) mass is 529 g/mol. The van der Waals surface area contributed by atoms with E-state index in [1.165, 1.54) is 50.5 Å². The summed E-state index contributed by atoms with van der Waals surface area (Å²) in [5, 5.41) is 7.92. The largest absolute Gasteiger partial charge is 0.497 e. The molecule has 2 aromatic carbocycles. The van der Waals surface area contributed by atoms with Gasteiger partial charge in [0.25, 0.3) is 0 Å². The first-order valence-corrected chi connectivity index (χ1v) is 12.7. The van der Waals surface area contributed by atoms with Crippen LogP contribution < -0.4 is 29.6 Å². The molecule has 2 amide bonds. The Labute approximate surface area is 217 Å². The van der Waals surface area contributed by atoms with Crippen LogP contribution in [-0.4, -0.2) is 51.0 Å². The molecule has 0 saturated carbocycles. The number of methoxy groups -OCH3 is 4. The Morgan fingerprint density at radius 3 is 2.28 bits per heavy atom. The number of thiazole rings is 1. The summed E-state index contributed by atoms with van der Waals surface area (Å²) in [5.41, 5.74) is 2.20. The van der Waals surface area contributed by atoms with Crippen molar-refractivity contribution in [3.63, 3.8) is 0 Å². The molecule has 0 fully saturated rings. The molecule has 0 aliphatic carbocycles. The summed E-state index contributed by atoms with van der Waals surface area (Å²) in [7, 11) is 6.18. The van der Waals surface area contributed by atoms with Gasteiger partial charge in [-0.3, -0.25) is 14.9 Å². The topological polar surface area (TPSA) is 108 Å². The maximum atomic E-state index is 12.4.